The summed E-state index contributed by atoms with van der Waals surface area (Å²) in [6, 6.07) is 3.01. The summed E-state index contributed by atoms with van der Waals surface area (Å²) in [5.41, 5.74) is 0. The standard InChI is InChI=1S/C9H12BrNS/c1-11-8-2-6(3-8)9-4-7(10)5-12-9/h4-6,8,11H,2-3H2,1H3. The molecule has 1 aromatic heterocycles. The molecule has 2 rings (SSSR count). The monoisotopic (exact) mass is 245 g/mol. The molecule has 0 aromatic carbocycles. The van der Waals surface area contributed by atoms with Gasteiger partial charge in [-0.15, -0.1) is 11.3 Å². The van der Waals surface area contributed by atoms with Crippen molar-refractivity contribution in [1.29, 1.82) is 0 Å². The lowest BCUT2D eigenvalue weighted by molar-refractivity contribution is 0.311. The highest BCUT2D eigenvalue weighted by atomic mass is 79.9. The van der Waals surface area contributed by atoms with Gasteiger partial charge in [0.05, 0.1) is 0 Å². The maximum atomic E-state index is 3.48. The Morgan fingerprint density at radius 1 is 1.58 bits per heavy atom. The zero-order chi connectivity index (χ0) is 8.55. The second-order valence-electron chi connectivity index (χ2n) is 3.32. The lowest BCUT2D eigenvalue weighted by Crippen LogP contribution is -2.37. The average molecular weight is 246 g/mol. The van der Waals surface area contributed by atoms with Crippen LogP contribution in [0.3, 0.4) is 0 Å². The van der Waals surface area contributed by atoms with E-state index in [4.69, 9.17) is 0 Å². The van der Waals surface area contributed by atoms with E-state index in [-0.39, 0.29) is 0 Å². The van der Waals surface area contributed by atoms with Crippen molar-refractivity contribution in [1.82, 2.24) is 5.32 Å². The molecule has 0 saturated heterocycles. The van der Waals surface area contributed by atoms with Crippen LogP contribution in [0.2, 0.25) is 0 Å². The fourth-order valence-corrected chi connectivity index (χ4v) is 3.20. The van der Waals surface area contributed by atoms with Crippen molar-refractivity contribution in [2.45, 2.75) is 24.8 Å². The second-order valence-corrected chi connectivity index (χ2v) is 5.18. The smallest absolute Gasteiger partial charge is 0.0285 e. The third kappa shape index (κ3) is 1.58. The van der Waals surface area contributed by atoms with Crippen molar-refractivity contribution >= 4 is 27.3 Å². The van der Waals surface area contributed by atoms with E-state index < -0.39 is 0 Å². The average Bonchev–Trinajstić information content (AvgIpc) is 2.34. The molecule has 12 heavy (non-hydrogen) atoms. The van der Waals surface area contributed by atoms with Crippen molar-refractivity contribution in [3.05, 3.63) is 20.8 Å². The molecular formula is C9H12BrNS. The Bertz CT molecular complexity index is 265. The normalized spacial score (nSPS) is 28.5. The minimum Gasteiger partial charge on any atom is -0.317 e. The molecule has 1 aromatic rings. The van der Waals surface area contributed by atoms with Crippen LogP contribution in [0, 0.1) is 0 Å². The van der Waals surface area contributed by atoms with Gasteiger partial charge in [0.15, 0.2) is 0 Å². The maximum Gasteiger partial charge on any atom is 0.0285 e. The minimum atomic E-state index is 0.760. The molecule has 1 fully saturated rings. The van der Waals surface area contributed by atoms with E-state index in [0.29, 0.717) is 0 Å². The quantitative estimate of drug-likeness (QED) is 0.845. The molecule has 1 aliphatic carbocycles. The molecule has 3 heteroatoms. The number of rotatable bonds is 2. The molecule has 1 nitrogen and oxygen atoms in total. The van der Waals surface area contributed by atoms with Crippen molar-refractivity contribution in [3.8, 4) is 0 Å². The van der Waals surface area contributed by atoms with Gasteiger partial charge in [-0.05, 0) is 47.8 Å². The van der Waals surface area contributed by atoms with Crippen LogP contribution in [0.1, 0.15) is 23.6 Å². The van der Waals surface area contributed by atoms with Crippen molar-refractivity contribution < 1.29 is 0 Å². The van der Waals surface area contributed by atoms with Crippen molar-refractivity contribution in [2.24, 2.45) is 0 Å². The van der Waals surface area contributed by atoms with Crippen molar-refractivity contribution in [2.75, 3.05) is 7.05 Å². The molecule has 0 atom stereocenters. The molecule has 0 bridgehead atoms. The second kappa shape index (κ2) is 3.48. The molecule has 66 valence electrons. The van der Waals surface area contributed by atoms with Gasteiger partial charge < -0.3 is 5.32 Å². The SMILES string of the molecule is CNC1CC(c2cc(Br)cs2)C1. The fourth-order valence-electron chi connectivity index (χ4n) is 1.63. The van der Waals surface area contributed by atoms with E-state index in [1.54, 1.807) is 0 Å². The van der Waals surface area contributed by atoms with Gasteiger partial charge in [0.2, 0.25) is 0 Å². The molecule has 0 aliphatic heterocycles. The highest BCUT2D eigenvalue weighted by Gasteiger charge is 2.29. The van der Waals surface area contributed by atoms with Crippen LogP contribution in [0.5, 0.6) is 0 Å². The number of halogens is 1. The summed E-state index contributed by atoms with van der Waals surface area (Å²) in [6.07, 6.45) is 2.62. The Morgan fingerprint density at radius 3 is 2.83 bits per heavy atom. The third-order valence-corrected chi connectivity index (χ3v) is 4.39. The molecule has 1 N–H and O–H groups in total. The molecule has 1 heterocycles. The summed E-state index contributed by atoms with van der Waals surface area (Å²) in [7, 11) is 2.05. The summed E-state index contributed by atoms with van der Waals surface area (Å²) in [6.45, 7) is 0. The van der Waals surface area contributed by atoms with E-state index in [9.17, 15) is 0 Å². The van der Waals surface area contributed by atoms with E-state index >= 15 is 0 Å². The lowest BCUT2D eigenvalue weighted by Gasteiger charge is -2.34. The van der Waals surface area contributed by atoms with Crippen LogP contribution in [-0.4, -0.2) is 13.1 Å². The Balaban J connectivity index is 1.96. The van der Waals surface area contributed by atoms with Gasteiger partial charge >= 0.3 is 0 Å². The molecular weight excluding hydrogens is 234 g/mol. The van der Waals surface area contributed by atoms with Gasteiger partial charge in [-0.25, -0.2) is 0 Å². The summed E-state index contributed by atoms with van der Waals surface area (Å²) < 4.78 is 1.23. The molecule has 0 amide bonds. The number of hydrogen-bond donors (Lipinski definition) is 1. The van der Waals surface area contributed by atoms with Gasteiger partial charge in [0.25, 0.3) is 0 Å². The predicted octanol–water partition coefficient (Wildman–Crippen LogP) is 2.98. The highest BCUT2D eigenvalue weighted by Crippen LogP contribution is 2.40. The Morgan fingerprint density at radius 2 is 2.33 bits per heavy atom. The van der Waals surface area contributed by atoms with E-state index in [0.717, 1.165) is 12.0 Å². The fraction of sp³-hybridized carbons (Fsp3) is 0.556. The van der Waals surface area contributed by atoms with Crippen molar-refractivity contribution in [3.63, 3.8) is 0 Å². The molecule has 0 radical (unpaired) electrons. The molecule has 1 aliphatic rings. The number of hydrogen-bond acceptors (Lipinski definition) is 2. The predicted molar refractivity (Wildman–Crippen MR) is 56.8 cm³/mol. The number of thiophene rings is 1. The Labute approximate surface area is 85.3 Å². The summed E-state index contributed by atoms with van der Waals surface area (Å²) in [4.78, 5) is 1.54. The van der Waals surface area contributed by atoms with Gasteiger partial charge in [-0.2, -0.15) is 0 Å². The van der Waals surface area contributed by atoms with Crippen LogP contribution in [-0.2, 0) is 0 Å². The van der Waals surface area contributed by atoms with E-state index in [1.807, 2.05) is 18.4 Å². The molecule has 0 spiro atoms. The van der Waals surface area contributed by atoms with E-state index in [1.165, 1.54) is 22.2 Å². The lowest BCUT2D eigenvalue weighted by atomic mass is 9.79. The first-order valence-electron chi connectivity index (χ1n) is 4.21. The zero-order valence-corrected chi connectivity index (χ0v) is 9.41. The Kier molecular flexibility index (Phi) is 2.53. The maximum absolute atomic E-state index is 3.48. The summed E-state index contributed by atoms with van der Waals surface area (Å²) in [5.74, 6) is 0.818. The van der Waals surface area contributed by atoms with Gasteiger partial charge in [-0.3, -0.25) is 0 Å². The van der Waals surface area contributed by atoms with Crippen LogP contribution < -0.4 is 5.32 Å². The Hall–Kier alpha value is 0.140. The topological polar surface area (TPSA) is 12.0 Å². The van der Waals surface area contributed by atoms with Crippen LogP contribution in [0.15, 0.2) is 15.9 Å². The van der Waals surface area contributed by atoms with Gasteiger partial charge in [0.1, 0.15) is 0 Å². The first kappa shape index (κ1) is 8.73. The first-order chi connectivity index (χ1) is 5.79. The first-order valence-corrected chi connectivity index (χ1v) is 5.88. The van der Waals surface area contributed by atoms with Crippen LogP contribution in [0.25, 0.3) is 0 Å². The van der Waals surface area contributed by atoms with Crippen LogP contribution >= 0.6 is 27.3 Å². The van der Waals surface area contributed by atoms with E-state index in [2.05, 4.69) is 32.7 Å². The number of nitrogens with one attached hydrogen (secondary N) is 1. The largest absolute Gasteiger partial charge is 0.317 e. The minimum absolute atomic E-state index is 0.760. The zero-order valence-electron chi connectivity index (χ0n) is 7.01. The van der Waals surface area contributed by atoms with Crippen LogP contribution in [0.4, 0.5) is 0 Å². The molecule has 0 unspecified atom stereocenters. The highest BCUT2D eigenvalue weighted by molar-refractivity contribution is 9.10. The summed E-state index contributed by atoms with van der Waals surface area (Å²) >= 11 is 5.35. The third-order valence-electron chi connectivity index (χ3n) is 2.54. The van der Waals surface area contributed by atoms with Gasteiger partial charge in [0, 0.05) is 20.8 Å². The van der Waals surface area contributed by atoms with Gasteiger partial charge in [-0.1, -0.05) is 0 Å². The molecule has 1 saturated carbocycles. The summed E-state index contributed by atoms with van der Waals surface area (Å²) in [5, 5.41) is 5.47.